The number of hydrogen-bond acceptors (Lipinski definition) is 3. The Hall–Kier alpha value is -2.66. The van der Waals surface area contributed by atoms with Gasteiger partial charge < -0.3 is 10.6 Å². The maximum Gasteiger partial charge on any atom is 0.328 e. The highest BCUT2D eigenvalue weighted by Crippen LogP contribution is 2.28. The van der Waals surface area contributed by atoms with E-state index in [1.54, 1.807) is 36.0 Å². The lowest BCUT2D eigenvalue weighted by Crippen LogP contribution is -2.26. The third kappa shape index (κ3) is 2.83. The fourth-order valence-corrected chi connectivity index (χ4v) is 2.75. The van der Waals surface area contributed by atoms with E-state index >= 15 is 0 Å². The molecule has 1 aromatic carbocycles. The molecule has 2 heterocycles. The molecule has 0 atom stereocenters. The number of benzene rings is 1. The number of fused-ring (bicyclic) bond motifs is 1. The predicted molar refractivity (Wildman–Crippen MR) is 92.4 cm³/mol. The van der Waals surface area contributed by atoms with Gasteiger partial charge in [0.05, 0.1) is 5.52 Å². The molecule has 3 rings (SSSR count). The largest absolute Gasteiger partial charge is 0.330 e. The van der Waals surface area contributed by atoms with Crippen LogP contribution in [-0.2, 0) is 6.42 Å². The first-order valence-electron chi connectivity index (χ1n) is 7.58. The van der Waals surface area contributed by atoms with Gasteiger partial charge in [-0.3, -0.25) is 9.55 Å². The van der Waals surface area contributed by atoms with E-state index < -0.39 is 0 Å². The molecule has 5 heteroatoms. The van der Waals surface area contributed by atoms with Crippen LogP contribution in [0.5, 0.6) is 0 Å². The lowest BCUT2D eigenvalue weighted by atomic mass is 10.0. The number of amides is 1. The molecule has 0 saturated heterocycles. The van der Waals surface area contributed by atoms with Gasteiger partial charge in [0.2, 0.25) is 0 Å². The standard InChI is InChI=1S/C18H20N4O/c1-21(2)18(23)22-12-15(5-8-19)16-4-3-14(11-17(16)22)13-6-9-20-10-7-13/h3-4,6-7,9-12H,5,8,19H2,1-2H3. The topological polar surface area (TPSA) is 64.2 Å². The minimum atomic E-state index is -0.0647. The highest BCUT2D eigenvalue weighted by atomic mass is 16.2. The second-order valence-corrected chi connectivity index (χ2v) is 5.71. The second kappa shape index (κ2) is 6.22. The zero-order valence-electron chi connectivity index (χ0n) is 13.4. The Labute approximate surface area is 135 Å². The number of carbonyl (C=O) groups is 1. The molecule has 0 saturated carbocycles. The van der Waals surface area contributed by atoms with E-state index in [1.807, 2.05) is 24.4 Å². The van der Waals surface area contributed by atoms with Gasteiger partial charge >= 0.3 is 6.03 Å². The molecular formula is C18H20N4O. The van der Waals surface area contributed by atoms with E-state index in [2.05, 4.69) is 17.1 Å². The minimum Gasteiger partial charge on any atom is -0.330 e. The summed E-state index contributed by atoms with van der Waals surface area (Å²) in [6.07, 6.45) is 6.18. The summed E-state index contributed by atoms with van der Waals surface area (Å²) in [6, 6.07) is 10.0. The van der Waals surface area contributed by atoms with Crippen molar-refractivity contribution >= 4 is 16.9 Å². The number of rotatable bonds is 3. The van der Waals surface area contributed by atoms with Crippen LogP contribution in [0.15, 0.2) is 48.9 Å². The maximum absolute atomic E-state index is 12.5. The van der Waals surface area contributed by atoms with Crippen molar-refractivity contribution in [2.24, 2.45) is 5.73 Å². The van der Waals surface area contributed by atoms with Crippen molar-refractivity contribution in [3.05, 3.63) is 54.5 Å². The van der Waals surface area contributed by atoms with Crippen LogP contribution in [0, 0.1) is 0 Å². The van der Waals surface area contributed by atoms with E-state index in [9.17, 15) is 4.79 Å². The second-order valence-electron chi connectivity index (χ2n) is 5.71. The van der Waals surface area contributed by atoms with Gasteiger partial charge in [-0.1, -0.05) is 12.1 Å². The van der Waals surface area contributed by atoms with Gasteiger partial charge in [-0.15, -0.1) is 0 Å². The zero-order valence-corrected chi connectivity index (χ0v) is 13.4. The summed E-state index contributed by atoms with van der Waals surface area (Å²) in [7, 11) is 3.51. The number of carbonyl (C=O) groups excluding carboxylic acids is 1. The molecule has 2 N–H and O–H groups in total. The molecule has 3 aromatic rings. The maximum atomic E-state index is 12.5. The van der Waals surface area contributed by atoms with Gasteiger partial charge in [0.1, 0.15) is 0 Å². The van der Waals surface area contributed by atoms with E-state index in [0.717, 1.165) is 34.0 Å². The molecule has 0 radical (unpaired) electrons. The molecule has 0 unspecified atom stereocenters. The van der Waals surface area contributed by atoms with Crippen molar-refractivity contribution in [2.45, 2.75) is 6.42 Å². The van der Waals surface area contributed by atoms with Crippen LogP contribution in [0.3, 0.4) is 0 Å². The molecule has 0 aliphatic carbocycles. The summed E-state index contributed by atoms with van der Waals surface area (Å²) in [5, 5.41) is 1.07. The molecule has 23 heavy (non-hydrogen) atoms. The lowest BCUT2D eigenvalue weighted by molar-refractivity contribution is 0.220. The van der Waals surface area contributed by atoms with Crippen LogP contribution < -0.4 is 5.73 Å². The number of nitrogens with zero attached hydrogens (tertiary/aromatic N) is 3. The third-order valence-corrected chi connectivity index (χ3v) is 3.90. The predicted octanol–water partition coefficient (Wildman–Crippen LogP) is 2.73. The Kier molecular flexibility index (Phi) is 4.12. The summed E-state index contributed by atoms with van der Waals surface area (Å²) >= 11 is 0. The number of aromatic nitrogens is 2. The first-order valence-corrected chi connectivity index (χ1v) is 7.58. The van der Waals surface area contributed by atoms with Gasteiger partial charge in [0, 0.05) is 38.1 Å². The Morgan fingerprint density at radius 1 is 1.17 bits per heavy atom. The SMILES string of the molecule is CN(C)C(=O)n1cc(CCN)c2ccc(-c3ccncc3)cc21. The average molecular weight is 308 g/mol. The first-order chi connectivity index (χ1) is 11.1. The quantitative estimate of drug-likeness (QED) is 0.809. The molecule has 118 valence electrons. The van der Waals surface area contributed by atoms with Gasteiger partial charge in [0.15, 0.2) is 0 Å². The molecule has 1 amide bonds. The summed E-state index contributed by atoms with van der Waals surface area (Å²) in [5.41, 5.74) is 9.84. The Bertz CT molecular complexity index is 837. The normalized spacial score (nSPS) is 10.9. The van der Waals surface area contributed by atoms with Crippen molar-refractivity contribution in [1.29, 1.82) is 0 Å². The van der Waals surface area contributed by atoms with E-state index in [1.165, 1.54) is 0 Å². The summed E-state index contributed by atoms with van der Waals surface area (Å²) in [6.45, 7) is 0.557. The van der Waals surface area contributed by atoms with E-state index in [0.29, 0.717) is 6.54 Å². The average Bonchev–Trinajstić information content (AvgIpc) is 2.93. The molecule has 0 fully saturated rings. The molecule has 0 aliphatic heterocycles. The van der Waals surface area contributed by atoms with Crippen molar-refractivity contribution in [1.82, 2.24) is 14.5 Å². The van der Waals surface area contributed by atoms with Crippen molar-refractivity contribution < 1.29 is 4.79 Å². The molecule has 5 nitrogen and oxygen atoms in total. The first kappa shape index (κ1) is 15.2. The smallest absolute Gasteiger partial charge is 0.328 e. The highest BCUT2D eigenvalue weighted by molar-refractivity contribution is 5.95. The van der Waals surface area contributed by atoms with E-state index in [-0.39, 0.29) is 6.03 Å². The summed E-state index contributed by atoms with van der Waals surface area (Å²) in [5.74, 6) is 0. The van der Waals surface area contributed by atoms with Crippen LogP contribution in [0.1, 0.15) is 5.56 Å². The number of pyridine rings is 1. The lowest BCUT2D eigenvalue weighted by Gasteiger charge is -2.12. The Morgan fingerprint density at radius 2 is 1.91 bits per heavy atom. The fraction of sp³-hybridized carbons (Fsp3) is 0.222. The Morgan fingerprint density at radius 3 is 2.57 bits per heavy atom. The van der Waals surface area contributed by atoms with Crippen LogP contribution in [-0.4, -0.2) is 41.1 Å². The van der Waals surface area contributed by atoms with Crippen molar-refractivity contribution in [3.8, 4) is 11.1 Å². The zero-order chi connectivity index (χ0) is 16.4. The molecular weight excluding hydrogens is 288 g/mol. The van der Waals surface area contributed by atoms with E-state index in [4.69, 9.17) is 5.73 Å². The van der Waals surface area contributed by atoms with Gasteiger partial charge in [0.25, 0.3) is 0 Å². The number of nitrogens with two attached hydrogens (primary N) is 1. The molecule has 0 bridgehead atoms. The monoisotopic (exact) mass is 308 g/mol. The van der Waals surface area contributed by atoms with Crippen molar-refractivity contribution in [2.75, 3.05) is 20.6 Å². The molecule has 0 aliphatic rings. The van der Waals surface area contributed by atoms with Crippen LogP contribution in [0.25, 0.3) is 22.0 Å². The summed E-state index contributed by atoms with van der Waals surface area (Å²) in [4.78, 5) is 18.1. The minimum absolute atomic E-state index is 0.0647. The highest BCUT2D eigenvalue weighted by Gasteiger charge is 2.15. The van der Waals surface area contributed by atoms with Crippen LogP contribution in [0.4, 0.5) is 4.79 Å². The fourth-order valence-electron chi connectivity index (χ4n) is 2.75. The van der Waals surface area contributed by atoms with Gasteiger partial charge in [-0.05, 0) is 47.9 Å². The number of hydrogen-bond donors (Lipinski definition) is 1. The van der Waals surface area contributed by atoms with Crippen LogP contribution in [0.2, 0.25) is 0 Å². The van der Waals surface area contributed by atoms with Gasteiger partial charge in [-0.2, -0.15) is 0 Å². The Balaban J connectivity index is 2.19. The molecule has 0 spiro atoms. The summed E-state index contributed by atoms with van der Waals surface area (Å²) < 4.78 is 1.70. The molecule has 2 aromatic heterocycles. The van der Waals surface area contributed by atoms with Gasteiger partial charge in [-0.25, -0.2) is 4.79 Å². The van der Waals surface area contributed by atoms with Crippen LogP contribution >= 0.6 is 0 Å². The van der Waals surface area contributed by atoms with Crippen molar-refractivity contribution in [3.63, 3.8) is 0 Å². The third-order valence-electron chi connectivity index (χ3n) is 3.90.